The normalized spacial score (nSPS) is 26.5. The number of likely N-dealkylation sites (tertiary alicyclic amines) is 1. The Bertz CT molecular complexity index is 700. The smallest absolute Gasteiger partial charge is 0.292 e. The third-order valence-electron chi connectivity index (χ3n) is 6.87. The molecule has 3 fully saturated rings. The number of nitro groups is 1. The number of carbonyl (C=O) groups excluding carboxylic acids is 1. The Morgan fingerprint density at radius 1 is 0.963 bits per heavy atom. The number of nitro benzene ring substituents is 1. The molecule has 2 atom stereocenters. The summed E-state index contributed by atoms with van der Waals surface area (Å²) in [4.78, 5) is 28.2. The molecule has 0 N–H and O–H groups in total. The molecule has 6 heteroatoms. The van der Waals surface area contributed by atoms with E-state index in [9.17, 15) is 14.9 Å². The molecular weight excluding hydrogens is 342 g/mol. The zero-order chi connectivity index (χ0) is 18.8. The molecule has 0 radical (unpaired) electrons. The fourth-order valence-electron chi connectivity index (χ4n) is 5.31. The van der Waals surface area contributed by atoms with Gasteiger partial charge in [-0.15, -0.1) is 0 Å². The quantitative estimate of drug-likeness (QED) is 0.598. The highest BCUT2D eigenvalue weighted by atomic mass is 16.6. The van der Waals surface area contributed by atoms with Crippen LogP contribution >= 0.6 is 0 Å². The lowest BCUT2D eigenvalue weighted by molar-refractivity contribution is -0.384. The van der Waals surface area contributed by atoms with E-state index in [-0.39, 0.29) is 16.5 Å². The SMILES string of the molecule is O=C(C1CCN(c2ccccc2[N+](=O)[O-])CC1)N1CC[C@H]2CCCC[C@H]2C1. The molecule has 0 spiro atoms. The molecule has 2 heterocycles. The minimum atomic E-state index is -0.319. The van der Waals surface area contributed by atoms with Crippen molar-refractivity contribution in [1.29, 1.82) is 0 Å². The van der Waals surface area contributed by atoms with Crippen LogP contribution in [0.2, 0.25) is 0 Å². The molecule has 2 aliphatic heterocycles. The van der Waals surface area contributed by atoms with Crippen LogP contribution in [0.3, 0.4) is 0 Å². The van der Waals surface area contributed by atoms with Crippen molar-refractivity contribution in [2.24, 2.45) is 17.8 Å². The molecule has 2 saturated heterocycles. The van der Waals surface area contributed by atoms with Gasteiger partial charge in [-0.1, -0.05) is 31.4 Å². The van der Waals surface area contributed by atoms with Crippen molar-refractivity contribution in [3.05, 3.63) is 34.4 Å². The zero-order valence-electron chi connectivity index (χ0n) is 15.9. The second-order valence-electron chi connectivity index (χ2n) is 8.38. The summed E-state index contributed by atoms with van der Waals surface area (Å²) in [6.07, 6.45) is 8.05. The van der Waals surface area contributed by atoms with Crippen molar-refractivity contribution in [2.75, 3.05) is 31.1 Å². The highest BCUT2D eigenvalue weighted by Gasteiger charge is 2.36. The number of nitrogens with zero attached hydrogens (tertiary/aromatic N) is 3. The van der Waals surface area contributed by atoms with E-state index in [1.54, 1.807) is 12.1 Å². The van der Waals surface area contributed by atoms with Crippen LogP contribution < -0.4 is 4.90 Å². The molecule has 1 amide bonds. The van der Waals surface area contributed by atoms with E-state index in [0.29, 0.717) is 30.6 Å². The van der Waals surface area contributed by atoms with Crippen LogP contribution in [0.4, 0.5) is 11.4 Å². The molecule has 4 rings (SSSR count). The standard InChI is InChI=1S/C21H29N3O3/c25-21(23-14-9-16-5-1-2-6-18(16)15-23)17-10-12-22(13-11-17)19-7-3-4-8-20(19)24(26)27/h3-4,7-8,16-18H,1-2,5-6,9-15H2/t16-,18+/m1/s1. The van der Waals surface area contributed by atoms with Crippen molar-refractivity contribution in [1.82, 2.24) is 4.90 Å². The minimum absolute atomic E-state index is 0.0733. The van der Waals surface area contributed by atoms with Gasteiger partial charge in [-0.3, -0.25) is 14.9 Å². The van der Waals surface area contributed by atoms with Crippen LogP contribution in [0.5, 0.6) is 0 Å². The first kappa shape index (κ1) is 18.3. The molecule has 1 saturated carbocycles. The molecule has 6 nitrogen and oxygen atoms in total. The molecule has 0 unspecified atom stereocenters. The van der Waals surface area contributed by atoms with Gasteiger partial charge in [-0.2, -0.15) is 0 Å². The highest BCUT2D eigenvalue weighted by Crippen LogP contribution is 2.37. The molecule has 1 aromatic rings. The van der Waals surface area contributed by atoms with Crippen LogP contribution in [0, 0.1) is 27.9 Å². The number of piperidine rings is 2. The van der Waals surface area contributed by atoms with Gasteiger partial charge in [0, 0.05) is 38.2 Å². The summed E-state index contributed by atoms with van der Waals surface area (Å²) in [5.41, 5.74) is 0.832. The number of carbonyl (C=O) groups is 1. The van der Waals surface area contributed by atoms with Crippen LogP contribution in [0.15, 0.2) is 24.3 Å². The van der Waals surface area contributed by atoms with E-state index < -0.39 is 0 Å². The average Bonchev–Trinajstić information content (AvgIpc) is 2.73. The Balaban J connectivity index is 1.35. The molecule has 0 aromatic heterocycles. The maximum Gasteiger partial charge on any atom is 0.292 e. The van der Waals surface area contributed by atoms with Gasteiger partial charge in [0.05, 0.1) is 4.92 Å². The average molecular weight is 371 g/mol. The summed E-state index contributed by atoms with van der Waals surface area (Å²) in [6, 6.07) is 6.91. The summed E-state index contributed by atoms with van der Waals surface area (Å²) in [5, 5.41) is 11.3. The third kappa shape index (κ3) is 3.80. The number of fused-ring (bicyclic) bond motifs is 1. The van der Waals surface area contributed by atoms with Crippen molar-refractivity contribution in [3.63, 3.8) is 0 Å². The maximum absolute atomic E-state index is 13.0. The Hall–Kier alpha value is -2.11. The van der Waals surface area contributed by atoms with Gasteiger partial charge in [-0.25, -0.2) is 0 Å². The summed E-state index contributed by atoms with van der Waals surface area (Å²) in [5.74, 6) is 1.94. The molecule has 0 bridgehead atoms. The molecule has 27 heavy (non-hydrogen) atoms. The molecular formula is C21H29N3O3. The van der Waals surface area contributed by atoms with Crippen LogP contribution in [-0.2, 0) is 4.79 Å². The number of rotatable bonds is 3. The molecule has 1 aliphatic carbocycles. The van der Waals surface area contributed by atoms with E-state index in [1.165, 1.54) is 32.1 Å². The Labute approximate surface area is 160 Å². The summed E-state index contributed by atoms with van der Waals surface area (Å²) < 4.78 is 0. The lowest BCUT2D eigenvalue weighted by Gasteiger charge is -2.43. The number of amides is 1. The Morgan fingerprint density at radius 3 is 2.41 bits per heavy atom. The Morgan fingerprint density at radius 2 is 1.67 bits per heavy atom. The van der Waals surface area contributed by atoms with E-state index in [1.807, 2.05) is 12.1 Å². The van der Waals surface area contributed by atoms with Gasteiger partial charge < -0.3 is 9.80 Å². The topological polar surface area (TPSA) is 66.7 Å². The first-order valence-electron chi connectivity index (χ1n) is 10.4. The second kappa shape index (κ2) is 7.87. The number of anilines is 1. The van der Waals surface area contributed by atoms with E-state index in [0.717, 1.165) is 31.8 Å². The van der Waals surface area contributed by atoms with Gasteiger partial charge in [0.25, 0.3) is 5.69 Å². The summed E-state index contributed by atoms with van der Waals surface area (Å²) >= 11 is 0. The third-order valence-corrected chi connectivity index (χ3v) is 6.87. The highest BCUT2D eigenvalue weighted by molar-refractivity contribution is 5.79. The number of para-hydroxylation sites is 2. The first-order chi connectivity index (χ1) is 13.1. The van der Waals surface area contributed by atoms with Gasteiger partial charge in [0.1, 0.15) is 5.69 Å². The number of hydrogen-bond acceptors (Lipinski definition) is 4. The van der Waals surface area contributed by atoms with Gasteiger partial charge >= 0.3 is 0 Å². The molecule has 1 aromatic carbocycles. The largest absolute Gasteiger partial charge is 0.366 e. The lowest BCUT2D eigenvalue weighted by Crippen LogP contribution is -2.49. The number of benzene rings is 1. The van der Waals surface area contributed by atoms with E-state index in [2.05, 4.69) is 9.80 Å². The van der Waals surface area contributed by atoms with E-state index >= 15 is 0 Å². The maximum atomic E-state index is 13.0. The number of hydrogen-bond donors (Lipinski definition) is 0. The van der Waals surface area contributed by atoms with Crippen LogP contribution in [0.1, 0.15) is 44.9 Å². The lowest BCUT2D eigenvalue weighted by atomic mass is 9.75. The van der Waals surface area contributed by atoms with Crippen LogP contribution in [-0.4, -0.2) is 41.9 Å². The van der Waals surface area contributed by atoms with Gasteiger partial charge in [-0.05, 0) is 43.6 Å². The summed E-state index contributed by atoms with van der Waals surface area (Å²) in [6.45, 7) is 3.29. The molecule has 3 aliphatic rings. The fraction of sp³-hybridized carbons (Fsp3) is 0.667. The first-order valence-corrected chi connectivity index (χ1v) is 10.4. The van der Waals surface area contributed by atoms with E-state index in [4.69, 9.17) is 0 Å². The minimum Gasteiger partial charge on any atom is -0.366 e. The second-order valence-corrected chi connectivity index (χ2v) is 8.38. The predicted molar refractivity (Wildman–Crippen MR) is 105 cm³/mol. The summed E-state index contributed by atoms with van der Waals surface area (Å²) in [7, 11) is 0. The van der Waals surface area contributed by atoms with Crippen molar-refractivity contribution in [3.8, 4) is 0 Å². The fourth-order valence-corrected chi connectivity index (χ4v) is 5.31. The zero-order valence-corrected chi connectivity index (χ0v) is 15.9. The monoisotopic (exact) mass is 371 g/mol. The molecule has 146 valence electrons. The van der Waals surface area contributed by atoms with Crippen molar-refractivity contribution >= 4 is 17.3 Å². The van der Waals surface area contributed by atoms with Crippen LogP contribution in [0.25, 0.3) is 0 Å². The van der Waals surface area contributed by atoms with Gasteiger partial charge in [0.2, 0.25) is 5.91 Å². The predicted octanol–water partition coefficient (Wildman–Crippen LogP) is 3.85. The Kier molecular flexibility index (Phi) is 5.32. The van der Waals surface area contributed by atoms with Gasteiger partial charge in [0.15, 0.2) is 0 Å². The van der Waals surface area contributed by atoms with Crippen molar-refractivity contribution < 1.29 is 9.72 Å². The van der Waals surface area contributed by atoms with Crippen molar-refractivity contribution in [2.45, 2.75) is 44.9 Å².